The van der Waals surface area contributed by atoms with E-state index in [-0.39, 0.29) is 33.7 Å². The van der Waals surface area contributed by atoms with E-state index in [1.807, 2.05) is 0 Å². The second-order valence-electron chi connectivity index (χ2n) is 14.9. The maximum absolute atomic E-state index is 12.8. The number of aliphatic carboxylic acids is 1. The lowest BCUT2D eigenvalue weighted by atomic mass is 9.32. The lowest BCUT2D eigenvalue weighted by Crippen LogP contribution is -2.67. The number of fused-ring (bicyclic) bond motifs is 7. The standard InChI is InChI=1S/C31H48O5/c1-18(2)19-10-15-31(25(32)33)17-16-29(6)20(24(19)31)8-9-22-28(5)13-12-23(36-26(34)35)27(3,4)21(28)11-14-30(22,29)7/h19-24H,1,8-17H2,2-7H3,(H,32,33)(H,34,35)/t19-,20+,21-,22-,23-,24+,28-,29+,30+,31-/m0/s1. The molecule has 0 spiro atoms. The molecule has 5 fully saturated rings. The van der Waals surface area contributed by atoms with Gasteiger partial charge in [-0.05, 0) is 117 Å². The van der Waals surface area contributed by atoms with Gasteiger partial charge in [-0.3, -0.25) is 4.79 Å². The summed E-state index contributed by atoms with van der Waals surface area (Å²) in [6.07, 6.45) is 8.47. The van der Waals surface area contributed by atoms with Crippen LogP contribution in [0.3, 0.4) is 0 Å². The van der Waals surface area contributed by atoms with Gasteiger partial charge in [0.1, 0.15) is 6.10 Å². The highest BCUT2D eigenvalue weighted by Crippen LogP contribution is 2.77. The van der Waals surface area contributed by atoms with Crippen molar-refractivity contribution in [1.29, 1.82) is 0 Å². The van der Waals surface area contributed by atoms with Crippen LogP contribution in [0.5, 0.6) is 0 Å². The lowest BCUT2D eigenvalue weighted by Gasteiger charge is -2.72. The molecule has 0 radical (unpaired) electrons. The molecule has 0 heterocycles. The molecule has 0 aromatic heterocycles. The first-order valence-electron chi connectivity index (χ1n) is 14.4. The van der Waals surface area contributed by atoms with E-state index in [4.69, 9.17) is 4.74 Å². The van der Waals surface area contributed by atoms with Gasteiger partial charge >= 0.3 is 12.1 Å². The van der Waals surface area contributed by atoms with Gasteiger partial charge in [0.25, 0.3) is 0 Å². The van der Waals surface area contributed by atoms with Crippen molar-refractivity contribution in [3.8, 4) is 0 Å². The van der Waals surface area contributed by atoms with Crippen molar-refractivity contribution >= 4 is 12.1 Å². The van der Waals surface area contributed by atoms with Gasteiger partial charge in [-0.15, -0.1) is 0 Å². The molecule has 0 bridgehead atoms. The molecule has 0 aromatic carbocycles. The smallest absolute Gasteiger partial charge is 0.481 e. The molecule has 0 aromatic rings. The fourth-order valence-corrected chi connectivity index (χ4v) is 11.8. The topological polar surface area (TPSA) is 83.8 Å². The average molecular weight is 501 g/mol. The van der Waals surface area contributed by atoms with Gasteiger partial charge in [0.15, 0.2) is 0 Å². The van der Waals surface area contributed by atoms with Crippen LogP contribution in [0.15, 0.2) is 12.2 Å². The molecule has 10 atom stereocenters. The molecule has 0 amide bonds. The number of carboxylic acids is 1. The van der Waals surface area contributed by atoms with E-state index in [1.54, 1.807) is 0 Å². The Labute approximate surface area is 217 Å². The number of carboxylic acid groups (broad SMARTS) is 2. The predicted molar refractivity (Wildman–Crippen MR) is 140 cm³/mol. The van der Waals surface area contributed by atoms with E-state index >= 15 is 0 Å². The maximum Gasteiger partial charge on any atom is 0.506 e. The highest BCUT2D eigenvalue weighted by atomic mass is 16.7. The van der Waals surface area contributed by atoms with E-state index in [0.717, 1.165) is 64.2 Å². The minimum absolute atomic E-state index is 0.115. The highest BCUT2D eigenvalue weighted by molar-refractivity contribution is 5.76. The Morgan fingerprint density at radius 2 is 1.50 bits per heavy atom. The van der Waals surface area contributed by atoms with Crippen LogP contribution < -0.4 is 0 Å². The summed E-state index contributed by atoms with van der Waals surface area (Å²) in [5.74, 6) is 1.37. The summed E-state index contributed by atoms with van der Waals surface area (Å²) in [4.78, 5) is 24.2. The van der Waals surface area contributed by atoms with Crippen LogP contribution in [0.25, 0.3) is 0 Å². The van der Waals surface area contributed by atoms with Gasteiger partial charge in [-0.2, -0.15) is 0 Å². The van der Waals surface area contributed by atoms with Crippen LogP contribution in [0.2, 0.25) is 0 Å². The summed E-state index contributed by atoms with van der Waals surface area (Å²) in [7, 11) is 0. The van der Waals surface area contributed by atoms with Crippen LogP contribution in [-0.2, 0) is 9.53 Å². The van der Waals surface area contributed by atoms with Crippen molar-refractivity contribution in [2.45, 2.75) is 112 Å². The second-order valence-corrected chi connectivity index (χ2v) is 14.9. The molecule has 5 rings (SSSR count). The molecule has 5 nitrogen and oxygen atoms in total. The first-order valence-corrected chi connectivity index (χ1v) is 14.4. The molecule has 0 saturated heterocycles. The van der Waals surface area contributed by atoms with Crippen LogP contribution in [0.4, 0.5) is 4.79 Å². The highest BCUT2D eigenvalue weighted by Gasteiger charge is 2.72. The van der Waals surface area contributed by atoms with Crippen LogP contribution in [0, 0.1) is 56.7 Å². The Kier molecular flexibility index (Phi) is 5.79. The molecule has 0 aliphatic heterocycles. The minimum atomic E-state index is -1.15. The quantitative estimate of drug-likeness (QED) is 0.305. The molecular formula is C31H48O5. The van der Waals surface area contributed by atoms with E-state index in [1.165, 1.54) is 5.57 Å². The monoisotopic (exact) mass is 500 g/mol. The average Bonchev–Trinajstić information content (AvgIpc) is 3.17. The summed E-state index contributed by atoms with van der Waals surface area (Å²) < 4.78 is 5.44. The Bertz CT molecular complexity index is 970. The molecule has 5 aliphatic carbocycles. The van der Waals surface area contributed by atoms with E-state index in [0.29, 0.717) is 23.7 Å². The summed E-state index contributed by atoms with van der Waals surface area (Å²) >= 11 is 0. The Hall–Kier alpha value is -1.52. The third-order valence-corrected chi connectivity index (χ3v) is 13.7. The molecule has 5 heteroatoms. The zero-order valence-electron chi connectivity index (χ0n) is 23.4. The number of rotatable bonds is 3. The largest absolute Gasteiger partial charge is 0.506 e. The van der Waals surface area contributed by atoms with Crippen LogP contribution >= 0.6 is 0 Å². The van der Waals surface area contributed by atoms with Gasteiger partial charge in [0, 0.05) is 5.41 Å². The molecule has 5 saturated carbocycles. The number of hydrogen-bond donors (Lipinski definition) is 2. The fourth-order valence-electron chi connectivity index (χ4n) is 11.8. The summed E-state index contributed by atoms with van der Waals surface area (Å²) in [5, 5.41) is 19.9. The van der Waals surface area contributed by atoms with E-state index < -0.39 is 17.5 Å². The third-order valence-electron chi connectivity index (χ3n) is 13.7. The van der Waals surface area contributed by atoms with Gasteiger partial charge in [0.05, 0.1) is 5.41 Å². The van der Waals surface area contributed by atoms with Gasteiger partial charge in [-0.1, -0.05) is 46.8 Å². The predicted octanol–water partition coefficient (Wildman–Crippen LogP) is 7.79. The van der Waals surface area contributed by atoms with Crippen molar-refractivity contribution < 1.29 is 24.5 Å². The number of carbonyl (C=O) groups is 2. The van der Waals surface area contributed by atoms with Crippen molar-refractivity contribution in [3.63, 3.8) is 0 Å². The number of hydrogen-bond acceptors (Lipinski definition) is 3. The van der Waals surface area contributed by atoms with E-state index in [2.05, 4.69) is 48.1 Å². The van der Waals surface area contributed by atoms with Crippen molar-refractivity contribution in [3.05, 3.63) is 12.2 Å². The molecule has 2 N–H and O–H groups in total. The zero-order valence-corrected chi connectivity index (χ0v) is 23.4. The first-order chi connectivity index (χ1) is 16.6. The van der Waals surface area contributed by atoms with Gasteiger partial charge < -0.3 is 14.9 Å². The second kappa shape index (κ2) is 7.99. The minimum Gasteiger partial charge on any atom is -0.481 e. The summed E-state index contributed by atoms with van der Waals surface area (Å²) in [5.41, 5.74) is 0.828. The number of ether oxygens (including phenoxy) is 1. The van der Waals surface area contributed by atoms with Gasteiger partial charge in [-0.25, -0.2) is 4.79 Å². The molecule has 36 heavy (non-hydrogen) atoms. The molecule has 0 unspecified atom stereocenters. The fraction of sp³-hybridized carbons (Fsp3) is 0.871. The first kappa shape index (κ1) is 26.1. The third kappa shape index (κ3) is 3.13. The molecule has 5 aliphatic rings. The van der Waals surface area contributed by atoms with Crippen molar-refractivity contribution in [1.82, 2.24) is 0 Å². The normalized spacial score (nSPS) is 51.2. The Balaban J connectivity index is 1.52. The Morgan fingerprint density at radius 1 is 0.806 bits per heavy atom. The SMILES string of the molecule is C=C(C)[C@@H]1CC[C@]2(C(=O)O)CC[C@]3(C)[C@H](CC[C@H]4[C@@]5(C)CC[C@H](OC(=O)O)C(C)(C)[C@@H]5CC[C@]43C)[C@@H]12. The van der Waals surface area contributed by atoms with Crippen molar-refractivity contribution in [2.75, 3.05) is 0 Å². The Morgan fingerprint density at radius 3 is 2.11 bits per heavy atom. The van der Waals surface area contributed by atoms with Gasteiger partial charge in [0.2, 0.25) is 0 Å². The van der Waals surface area contributed by atoms with E-state index in [9.17, 15) is 19.8 Å². The van der Waals surface area contributed by atoms with Crippen molar-refractivity contribution in [2.24, 2.45) is 56.7 Å². The maximum atomic E-state index is 12.8. The lowest BCUT2D eigenvalue weighted by molar-refractivity contribution is -0.248. The number of allylic oxidation sites excluding steroid dienone is 1. The van der Waals surface area contributed by atoms with Crippen LogP contribution in [-0.4, -0.2) is 28.4 Å². The molecule has 202 valence electrons. The van der Waals surface area contributed by atoms with Crippen LogP contribution in [0.1, 0.15) is 106 Å². The summed E-state index contributed by atoms with van der Waals surface area (Å²) in [6, 6.07) is 0. The molecular weight excluding hydrogens is 452 g/mol. The summed E-state index contributed by atoms with van der Waals surface area (Å²) in [6.45, 7) is 18.5. The zero-order chi connectivity index (χ0) is 26.5.